The first kappa shape index (κ1) is 12.7. The molecule has 0 aliphatic carbocycles. The van der Waals surface area contributed by atoms with Gasteiger partial charge in [0.1, 0.15) is 11.6 Å². The van der Waals surface area contributed by atoms with Gasteiger partial charge in [-0.05, 0) is 48.0 Å². The van der Waals surface area contributed by atoms with Crippen LogP contribution < -0.4 is 5.73 Å². The minimum Gasteiger partial charge on any atom is -0.398 e. The average molecular weight is 288 g/mol. The Labute approximate surface area is 120 Å². The van der Waals surface area contributed by atoms with Crippen LogP contribution in [0.2, 0.25) is 5.02 Å². The number of nitrogen functional groups attached to an aromatic ring is 1. The minimum atomic E-state index is -0.271. The first-order chi connectivity index (χ1) is 9.63. The maximum absolute atomic E-state index is 12.9. The van der Waals surface area contributed by atoms with Crippen molar-refractivity contribution in [2.24, 2.45) is 0 Å². The molecular weight excluding hydrogens is 277 g/mol. The summed E-state index contributed by atoms with van der Waals surface area (Å²) in [7, 11) is 0. The lowest BCUT2D eigenvalue weighted by Crippen LogP contribution is -1.91. The van der Waals surface area contributed by atoms with Crippen LogP contribution in [0.1, 0.15) is 0 Å². The van der Waals surface area contributed by atoms with Crippen molar-refractivity contribution in [1.29, 1.82) is 0 Å². The fourth-order valence-electron chi connectivity index (χ4n) is 1.97. The number of hydrogen-bond donors (Lipinski definition) is 2. The Bertz CT molecular complexity index is 750. The fraction of sp³-hybridized carbons (Fsp3) is 0. The van der Waals surface area contributed by atoms with E-state index in [0.717, 1.165) is 16.8 Å². The lowest BCUT2D eigenvalue weighted by molar-refractivity contribution is 0.628. The lowest BCUT2D eigenvalue weighted by atomic mass is 10.1. The number of aromatic amines is 1. The highest BCUT2D eigenvalue weighted by Gasteiger charge is 2.09. The van der Waals surface area contributed by atoms with Gasteiger partial charge in [0.2, 0.25) is 0 Å². The normalized spacial score (nSPS) is 10.7. The van der Waals surface area contributed by atoms with E-state index in [1.807, 2.05) is 0 Å². The summed E-state index contributed by atoms with van der Waals surface area (Å²) < 4.78 is 12.9. The molecule has 0 aliphatic heterocycles. The lowest BCUT2D eigenvalue weighted by Gasteiger charge is -2.03. The van der Waals surface area contributed by atoms with Gasteiger partial charge in [-0.3, -0.25) is 0 Å². The molecule has 0 bridgehead atoms. The van der Waals surface area contributed by atoms with Crippen molar-refractivity contribution < 1.29 is 4.39 Å². The molecule has 0 saturated heterocycles. The molecular formula is C15H11ClFN3. The van der Waals surface area contributed by atoms with Gasteiger partial charge in [0.15, 0.2) is 0 Å². The van der Waals surface area contributed by atoms with Gasteiger partial charge >= 0.3 is 0 Å². The topological polar surface area (TPSA) is 54.7 Å². The van der Waals surface area contributed by atoms with E-state index in [1.165, 1.54) is 12.1 Å². The number of nitrogens with zero attached hydrogens (tertiary/aromatic N) is 1. The fourth-order valence-corrected chi connectivity index (χ4v) is 2.14. The Kier molecular flexibility index (Phi) is 3.16. The summed E-state index contributed by atoms with van der Waals surface area (Å²) in [6.07, 6.45) is 1.68. The van der Waals surface area contributed by atoms with Crippen molar-refractivity contribution in [2.45, 2.75) is 0 Å². The Morgan fingerprint density at radius 3 is 2.60 bits per heavy atom. The molecule has 0 spiro atoms. The predicted octanol–water partition coefficient (Wildman–Crippen LogP) is 4.12. The number of aromatic nitrogens is 2. The number of anilines is 1. The molecule has 1 aromatic heterocycles. The van der Waals surface area contributed by atoms with Gasteiger partial charge in [0.05, 0.1) is 11.9 Å². The molecule has 3 nitrogen and oxygen atoms in total. The van der Waals surface area contributed by atoms with E-state index in [2.05, 4.69) is 9.97 Å². The first-order valence-electron chi connectivity index (χ1n) is 6.00. The molecule has 0 fully saturated rings. The Morgan fingerprint density at radius 1 is 1.10 bits per heavy atom. The van der Waals surface area contributed by atoms with Gasteiger partial charge < -0.3 is 10.7 Å². The summed E-state index contributed by atoms with van der Waals surface area (Å²) >= 11 is 5.97. The molecule has 0 aliphatic rings. The minimum absolute atomic E-state index is 0.271. The van der Waals surface area contributed by atoms with Crippen molar-refractivity contribution in [3.63, 3.8) is 0 Å². The molecule has 0 radical (unpaired) electrons. The number of nitrogens with two attached hydrogens (primary N) is 1. The zero-order valence-electron chi connectivity index (χ0n) is 10.4. The van der Waals surface area contributed by atoms with Crippen LogP contribution in [0.4, 0.5) is 10.1 Å². The van der Waals surface area contributed by atoms with Gasteiger partial charge in [-0.1, -0.05) is 11.6 Å². The van der Waals surface area contributed by atoms with Crippen molar-refractivity contribution in [3.05, 3.63) is 59.5 Å². The van der Waals surface area contributed by atoms with E-state index in [1.54, 1.807) is 36.5 Å². The number of nitrogens with one attached hydrogen (secondary N) is 1. The summed E-state index contributed by atoms with van der Waals surface area (Å²) in [6.45, 7) is 0. The molecule has 3 rings (SSSR count). The molecule has 3 aromatic rings. The van der Waals surface area contributed by atoms with Crippen molar-refractivity contribution in [2.75, 3.05) is 5.73 Å². The number of hydrogen-bond acceptors (Lipinski definition) is 2. The smallest absolute Gasteiger partial charge is 0.139 e. The third kappa shape index (κ3) is 2.38. The summed E-state index contributed by atoms with van der Waals surface area (Å²) in [5.74, 6) is 0.358. The van der Waals surface area contributed by atoms with Crippen molar-refractivity contribution in [3.8, 4) is 22.6 Å². The van der Waals surface area contributed by atoms with Crippen molar-refractivity contribution in [1.82, 2.24) is 9.97 Å². The van der Waals surface area contributed by atoms with E-state index in [9.17, 15) is 4.39 Å². The van der Waals surface area contributed by atoms with Crippen LogP contribution >= 0.6 is 11.6 Å². The highest BCUT2D eigenvalue weighted by Crippen LogP contribution is 2.28. The van der Waals surface area contributed by atoms with E-state index >= 15 is 0 Å². The summed E-state index contributed by atoms with van der Waals surface area (Å²) in [4.78, 5) is 7.46. The molecule has 100 valence electrons. The van der Waals surface area contributed by atoms with Gasteiger partial charge in [0.25, 0.3) is 0 Å². The van der Waals surface area contributed by atoms with Gasteiger partial charge in [0, 0.05) is 16.3 Å². The van der Waals surface area contributed by atoms with E-state index in [4.69, 9.17) is 17.3 Å². The maximum atomic E-state index is 12.9. The number of halogens is 2. The van der Waals surface area contributed by atoms with E-state index < -0.39 is 0 Å². The molecule has 0 unspecified atom stereocenters. The third-order valence-electron chi connectivity index (χ3n) is 3.00. The van der Waals surface area contributed by atoms with Crippen LogP contribution in [0.5, 0.6) is 0 Å². The highest BCUT2D eigenvalue weighted by molar-refractivity contribution is 6.31. The van der Waals surface area contributed by atoms with Crippen LogP contribution in [-0.2, 0) is 0 Å². The maximum Gasteiger partial charge on any atom is 0.139 e. The first-order valence-corrected chi connectivity index (χ1v) is 6.37. The van der Waals surface area contributed by atoms with Crippen LogP contribution in [0.25, 0.3) is 22.6 Å². The van der Waals surface area contributed by atoms with Gasteiger partial charge in [-0.2, -0.15) is 0 Å². The molecule has 2 aromatic carbocycles. The van der Waals surface area contributed by atoms with Crippen molar-refractivity contribution >= 4 is 17.3 Å². The molecule has 0 saturated carbocycles. The van der Waals surface area contributed by atoms with E-state index in [-0.39, 0.29) is 5.82 Å². The number of benzene rings is 2. The van der Waals surface area contributed by atoms with Crippen LogP contribution in [0.15, 0.2) is 48.7 Å². The zero-order chi connectivity index (χ0) is 14.1. The monoisotopic (exact) mass is 287 g/mol. The summed E-state index contributed by atoms with van der Waals surface area (Å²) in [6, 6.07) is 11.4. The highest BCUT2D eigenvalue weighted by atomic mass is 35.5. The Hall–Kier alpha value is -2.33. The molecule has 20 heavy (non-hydrogen) atoms. The standard InChI is InChI=1S/C15H11ClFN3/c16-10-3-6-13(18)12(7-10)15-19-8-14(20-15)9-1-4-11(17)5-2-9/h1-8H,18H2,(H,19,20). The summed E-state index contributed by atoms with van der Waals surface area (Å²) in [5.41, 5.74) is 8.90. The molecule has 3 N–H and O–H groups in total. The van der Waals surface area contributed by atoms with Crippen LogP contribution in [0, 0.1) is 5.82 Å². The Balaban J connectivity index is 2.01. The van der Waals surface area contributed by atoms with Crippen LogP contribution in [-0.4, -0.2) is 9.97 Å². The largest absolute Gasteiger partial charge is 0.398 e. The van der Waals surface area contributed by atoms with Crippen LogP contribution in [0.3, 0.4) is 0 Å². The third-order valence-corrected chi connectivity index (χ3v) is 3.24. The molecule has 1 heterocycles. The average Bonchev–Trinajstić information content (AvgIpc) is 2.92. The van der Waals surface area contributed by atoms with Gasteiger partial charge in [-0.15, -0.1) is 0 Å². The number of imidazole rings is 1. The Morgan fingerprint density at radius 2 is 1.85 bits per heavy atom. The molecule has 0 amide bonds. The molecule has 5 heteroatoms. The molecule has 0 atom stereocenters. The van der Waals surface area contributed by atoms with E-state index in [0.29, 0.717) is 16.5 Å². The zero-order valence-corrected chi connectivity index (χ0v) is 11.2. The number of rotatable bonds is 2. The summed E-state index contributed by atoms with van der Waals surface area (Å²) in [5, 5.41) is 0.592. The SMILES string of the molecule is Nc1ccc(Cl)cc1-c1ncc(-c2ccc(F)cc2)[nH]1. The second kappa shape index (κ2) is 4.98. The second-order valence-corrected chi connectivity index (χ2v) is 4.82. The predicted molar refractivity (Wildman–Crippen MR) is 78.8 cm³/mol. The van der Waals surface area contributed by atoms with Gasteiger partial charge in [-0.25, -0.2) is 9.37 Å². The second-order valence-electron chi connectivity index (χ2n) is 4.38. The number of H-pyrrole nitrogens is 1. The quantitative estimate of drug-likeness (QED) is 0.697.